The van der Waals surface area contributed by atoms with Crippen LogP contribution in [0.25, 0.3) is 16.8 Å². The highest BCUT2D eigenvalue weighted by Gasteiger charge is 2.11. The summed E-state index contributed by atoms with van der Waals surface area (Å²) in [5, 5.41) is 11.1. The molecule has 0 bridgehead atoms. The van der Waals surface area contributed by atoms with Crippen LogP contribution in [0.4, 0.5) is 4.39 Å². The highest BCUT2D eigenvalue weighted by Crippen LogP contribution is 2.27. The fraction of sp³-hybridized carbons (Fsp3) is 0.0476. The van der Waals surface area contributed by atoms with E-state index in [1.807, 2.05) is 48.5 Å². The number of rotatable bonds is 4. The van der Waals surface area contributed by atoms with Crippen molar-refractivity contribution >= 4 is 22.8 Å². The molecule has 2 N–H and O–H groups in total. The normalized spacial score (nSPS) is 11.3. The molecule has 25 heavy (non-hydrogen) atoms. The molecule has 0 aromatic heterocycles. The first kappa shape index (κ1) is 16.4. The van der Waals surface area contributed by atoms with Crippen LogP contribution in [0.5, 0.6) is 0 Å². The van der Waals surface area contributed by atoms with Gasteiger partial charge in [0.05, 0.1) is 0 Å². The van der Waals surface area contributed by atoms with Crippen molar-refractivity contribution in [1.29, 1.82) is 5.26 Å². The molecule has 0 aliphatic carbocycles. The zero-order valence-corrected chi connectivity index (χ0v) is 13.4. The van der Waals surface area contributed by atoms with Crippen LogP contribution >= 0.6 is 0 Å². The van der Waals surface area contributed by atoms with Gasteiger partial charge in [-0.05, 0) is 52.1 Å². The van der Waals surface area contributed by atoms with Crippen molar-refractivity contribution in [2.45, 2.75) is 6.42 Å². The number of nitriles is 1. The van der Waals surface area contributed by atoms with Gasteiger partial charge in [-0.1, -0.05) is 48.5 Å². The lowest BCUT2D eigenvalue weighted by Gasteiger charge is -2.11. The molecule has 0 spiro atoms. The monoisotopic (exact) mass is 330 g/mol. The average molecular weight is 330 g/mol. The topological polar surface area (TPSA) is 66.9 Å². The molecule has 3 aromatic carbocycles. The van der Waals surface area contributed by atoms with Crippen LogP contribution < -0.4 is 5.73 Å². The van der Waals surface area contributed by atoms with E-state index in [1.165, 1.54) is 18.2 Å². The molecule has 3 nitrogen and oxygen atoms in total. The van der Waals surface area contributed by atoms with E-state index < -0.39 is 5.91 Å². The summed E-state index contributed by atoms with van der Waals surface area (Å²) in [5.41, 5.74) is 7.61. The van der Waals surface area contributed by atoms with E-state index in [1.54, 1.807) is 6.07 Å². The zero-order valence-electron chi connectivity index (χ0n) is 13.4. The van der Waals surface area contributed by atoms with Crippen molar-refractivity contribution in [1.82, 2.24) is 0 Å². The summed E-state index contributed by atoms with van der Waals surface area (Å²) in [4.78, 5) is 11.5. The first-order valence-corrected chi connectivity index (χ1v) is 7.75. The SMILES string of the molecule is N#C/C(=C\c1c(Cc2cccc(F)c2)ccc2ccccc12)C(N)=O. The van der Waals surface area contributed by atoms with Crippen LogP contribution in [-0.2, 0) is 11.2 Å². The van der Waals surface area contributed by atoms with Crippen LogP contribution in [0.1, 0.15) is 16.7 Å². The molecule has 0 unspecified atom stereocenters. The summed E-state index contributed by atoms with van der Waals surface area (Å²) in [6.45, 7) is 0. The predicted octanol–water partition coefficient (Wildman–Crippen LogP) is 3.96. The van der Waals surface area contributed by atoms with E-state index in [4.69, 9.17) is 5.73 Å². The Morgan fingerprint density at radius 3 is 2.64 bits per heavy atom. The van der Waals surface area contributed by atoms with Crippen molar-refractivity contribution in [2.24, 2.45) is 5.73 Å². The molecule has 0 aliphatic rings. The number of nitrogens with two attached hydrogens (primary N) is 1. The molecule has 0 aliphatic heterocycles. The van der Waals surface area contributed by atoms with Crippen LogP contribution in [0.15, 0.2) is 66.2 Å². The zero-order chi connectivity index (χ0) is 17.8. The Labute approximate surface area is 144 Å². The van der Waals surface area contributed by atoms with Gasteiger partial charge in [0.25, 0.3) is 5.91 Å². The van der Waals surface area contributed by atoms with E-state index >= 15 is 0 Å². The summed E-state index contributed by atoms with van der Waals surface area (Å²) < 4.78 is 13.5. The van der Waals surface area contributed by atoms with Crippen molar-refractivity contribution < 1.29 is 9.18 Å². The third kappa shape index (κ3) is 3.56. The standard InChI is InChI=1S/C21H15FN2O/c22-18-6-3-4-14(11-18)10-16-9-8-15-5-1-2-7-19(15)20(16)12-17(13-23)21(24)25/h1-9,11-12H,10H2,(H2,24,25)/b17-12+. The molecule has 122 valence electrons. The molecule has 1 amide bonds. The summed E-state index contributed by atoms with van der Waals surface area (Å²) in [6.07, 6.45) is 1.99. The lowest BCUT2D eigenvalue weighted by atomic mass is 9.93. The number of hydrogen-bond acceptors (Lipinski definition) is 2. The van der Waals surface area contributed by atoms with Gasteiger partial charge in [0.15, 0.2) is 0 Å². The highest BCUT2D eigenvalue weighted by atomic mass is 19.1. The van der Waals surface area contributed by atoms with E-state index in [0.717, 1.165) is 27.5 Å². The number of amides is 1. The maximum Gasteiger partial charge on any atom is 0.259 e. The molecular formula is C21H15FN2O. The van der Waals surface area contributed by atoms with Crippen LogP contribution in [-0.4, -0.2) is 5.91 Å². The Morgan fingerprint density at radius 2 is 1.92 bits per heavy atom. The van der Waals surface area contributed by atoms with E-state index in [2.05, 4.69) is 0 Å². The van der Waals surface area contributed by atoms with Gasteiger partial charge in [-0.25, -0.2) is 4.39 Å². The predicted molar refractivity (Wildman–Crippen MR) is 95.9 cm³/mol. The number of carbonyl (C=O) groups is 1. The Balaban J connectivity index is 2.20. The van der Waals surface area contributed by atoms with Crippen LogP contribution in [0.3, 0.4) is 0 Å². The molecule has 0 saturated carbocycles. The second-order valence-corrected chi connectivity index (χ2v) is 5.70. The lowest BCUT2D eigenvalue weighted by Crippen LogP contribution is -2.12. The van der Waals surface area contributed by atoms with Gasteiger partial charge in [-0.3, -0.25) is 4.79 Å². The first-order valence-electron chi connectivity index (χ1n) is 7.75. The fourth-order valence-corrected chi connectivity index (χ4v) is 2.84. The molecule has 0 fully saturated rings. The summed E-state index contributed by atoms with van der Waals surface area (Å²) in [5.74, 6) is -1.07. The number of nitrogens with zero attached hydrogens (tertiary/aromatic N) is 1. The van der Waals surface area contributed by atoms with Gasteiger partial charge in [0.1, 0.15) is 17.5 Å². The maximum atomic E-state index is 13.5. The van der Waals surface area contributed by atoms with Crippen molar-refractivity contribution in [2.75, 3.05) is 0 Å². The maximum absolute atomic E-state index is 13.5. The Hall–Kier alpha value is -3.45. The smallest absolute Gasteiger partial charge is 0.259 e. The number of hydrogen-bond donors (Lipinski definition) is 1. The Kier molecular flexibility index (Phi) is 4.58. The van der Waals surface area contributed by atoms with Gasteiger partial charge >= 0.3 is 0 Å². The molecule has 3 rings (SSSR count). The molecular weight excluding hydrogens is 315 g/mol. The van der Waals surface area contributed by atoms with Crippen LogP contribution in [0.2, 0.25) is 0 Å². The molecule has 3 aromatic rings. The largest absolute Gasteiger partial charge is 0.365 e. The quantitative estimate of drug-likeness (QED) is 0.581. The van der Waals surface area contributed by atoms with Crippen molar-refractivity contribution in [3.8, 4) is 6.07 Å². The van der Waals surface area contributed by atoms with E-state index in [-0.39, 0.29) is 11.4 Å². The number of carbonyl (C=O) groups excluding carboxylic acids is 1. The molecule has 0 radical (unpaired) electrons. The van der Waals surface area contributed by atoms with Gasteiger partial charge in [0.2, 0.25) is 0 Å². The third-order valence-electron chi connectivity index (χ3n) is 4.02. The summed E-state index contributed by atoms with van der Waals surface area (Å²) in [6, 6.07) is 19.8. The Bertz CT molecular complexity index is 1030. The Morgan fingerprint density at radius 1 is 1.12 bits per heavy atom. The first-order chi connectivity index (χ1) is 12.1. The number of benzene rings is 3. The molecule has 0 saturated heterocycles. The van der Waals surface area contributed by atoms with Gasteiger partial charge < -0.3 is 5.73 Å². The van der Waals surface area contributed by atoms with E-state index in [0.29, 0.717) is 6.42 Å². The summed E-state index contributed by atoms with van der Waals surface area (Å²) in [7, 11) is 0. The molecule has 0 atom stereocenters. The minimum atomic E-state index is -0.771. The van der Waals surface area contributed by atoms with E-state index in [9.17, 15) is 14.4 Å². The lowest BCUT2D eigenvalue weighted by molar-refractivity contribution is -0.114. The van der Waals surface area contributed by atoms with Crippen molar-refractivity contribution in [3.05, 3.63) is 88.7 Å². The molecule has 0 heterocycles. The second-order valence-electron chi connectivity index (χ2n) is 5.70. The van der Waals surface area contributed by atoms with Gasteiger partial charge in [-0.2, -0.15) is 5.26 Å². The van der Waals surface area contributed by atoms with Gasteiger partial charge in [0, 0.05) is 0 Å². The highest BCUT2D eigenvalue weighted by molar-refractivity contribution is 6.03. The number of fused-ring (bicyclic) bond motifs is 1. The number of primary amides is 1. The van der Waals surface area contributed by atoms with Crippen molar-refractivity contribution in [3.63, 3.8) is 0 Å². The average Bonchev–Trinajstić information content (AvgIpc) is 2.60. The molecule has 4 heteroatoms. The summed E-state index contributed by atoms with van der Waals surface area (Å²) >= 11 is 0. The van der Waals surface area contributed by atoms with Crippen LogP contribution in [0, 0.1) is 17.1 Å². The minimum absolute atomic E-state index is 0.114. The van der Waals surface area contributed by atoms with Gasteiger partial charge in [-0.15, -0.1) is 0 Å². The number of halogens is 1. The second kappa shape index (κ2) is 6.98. The fourth-order valence-electron chi connectivity index (χ4n) is 2.84. The third-order valence-corrected chi connectivity index (χ3v) is 4.02. The minimum Gasteiger partial charge on any atom is -0.365 e.